The van der Waals surface area contributed by atoms with E-state index in [0.717, 1.165) is 44.8 Å². The number of ether oxygens (including phenoxy) is 2. The molecule has 0 saturated carbocycles. The smallest absolute Gasteiger partial charge is 0.122 e. The van der Waals surface area contributed by atoms with Crippen molar-refractivity contribution in [1.82, 2.24) is 5.32 Å². The number of methoxy groups -OCH3 is 1. The number of rotatable bonds is 6. The molecule has 1 N–H and O–H groups in total. The summed E-state index contributed by atoms with van der Waals surface area (Å²) in [6, 6.07) is 7.00. The van der Waals surface area contributed by atoms with Crippen molar-refractivity contribution in [3.63, 3.8) is 0 Å². The highest BCUT2D eigenvalue weighted by Crippen LogP contribution is 2.32. The SMILES string of the molecule is CCCNC(c1ccc(C)c(OC)c1)C1CCOCC1. The molecule has 0 spiro atoms. The zero-order valence-corrected chi connectivity index (χ0v) is 12.9. The number of hydrogen-bond donors (Lipinski definition) is 1. The van der Waals surface area contributed by atoms with Crippen LogP contribution in [0.1, 0.15) is 43.4 Å². The van der Waals surface area contributed by atoms with E-state index in [9.17, 15) is 0 Å². The predicted octanol–water partition coefficient (Wildman–Crippen LogP) is 3.47. The topological polar surface area (TPSA) is 30.5 Å². The fourth-order valence-electron chi connectivity index (χ4n) is 2.94. The fraction of sp³-hybridized carbons (Fsp3) is 0.647. The lowest BCUT2D eigenvalue weighted by molar-refractivity contribution is 0.0536. The van der Waals surface area contributed by atoms with Crippen LogP contribution in [0.5, 0.6) is 5.75 Å². The molecule has 1 aromatic carbocycles. The summed E-state index contributed by atoms with van der Waals surface area (Å²) in [6.07, 6.45) is 3.43. The maximum Gasteiger partial charge on any atom is 0.122 e. The first-order valence-electron chi connectivity index (χ1n) is 7.72. The van der Waals surface area contributed by atoms with Gasteiger partial charge in [0.2, 0.25) is 0 Å². The number of nitrogens with one attached hydrogen (secondary N) is 1. The van der Waals surface area contributed by atoms with Crippen LogP contribution in [0.4, 0.5) is 0 Å². The second-order valence-corrected chi connectivity index (χ2v) is 5.61. The summed E-state index contributed by atoms with van der Waals surface area (Å²) in [5.41, 5.74) is 2.53. The molecule has 112 valence electrons. The van der Waals surface area contributed by atoms with Crippen molar-refractivity contribution >= 4 is 0 Å². The molecule has 0 radical (unpaired) electrons. The molecule has 1 saturated heterocycles. The zero-order chi connectivity index (χ0) is 14.4. The Labute approximate surface area is 122 Å². The Hall–Kier alpha value is -1.06. The molecule has 3 heteroatoms. The van der Waals surface area contributed by atoms with E-state index in [-0.39, 0.29) is 0 Å². The van der Waals surface area contributed by atoms with Crippen LogP contribution in [0.15, 0.2) is 18.2 Å². The van der Waals surface area contributed by atoms with Crippen molar-refractivity contribution in [2.45, 2.75) is 39.2 Å². The fourth-order valence-corrected chi connectivity index (χ4v) is 2.94. The molecule has 0 bridgehead atoms. The van der Waals surface area contributed by atoms with Crippen molar-refractivity contribution in [1.29, 1.82) is 0 Å². The Bertz CT molecular complexity index is 413. The van der Waals surface area contributed by atoms with Gasteiger partial charge in [-0.15, -0.1) is 0 Å². The standard InChI is InChI=1S/C17H27NO2/c1-4-9-18-17(14-7-10-20-11-8-14)15-6-5-13(2)16(12-15)19-3/h5-6,12,14,17-18H,4,7-11H2,1-3H3. The van der Waals surface area contributed by atoms with Crippen LogP contribution in [0.3, 0.4) is 0 Å². The van der Waals surface area contributed by atoms with Gasteiger partial charge < -0.3 is 14.8 Å². The van der Waals surface area contributed by atoms with Gasteiger partial charge >= 0.3 is 0 Å². The van der Waals surface area contributed by atoms with Crippen molar-refractivity contribution < 1.29 is 9.47 Å². The van der Waals surface area contributed by atoms with E-state index >= 15 is 0 Å². The summed E-state index contributed by atoms with van der Waals surface area (Å²) in [4.78, 5) is 0. The average Bonchev–Trinajstić information content (AvgIpc) is 2.50. The molecule has 1 unspecified atom stereocenters. The first kappa shape index (κ1) is 15.3. The molecule has 0 aliphatic carbocycles. The van der Waals surface area contributed by atoms with Gasteiger partial charge in [-0.05, 0) is 55.8 Å². The van der Waals surface area contributed by atoms with Gasteiger partial charge in [-0.3, -0.25) is 0 Å². The van der Waals surface area contributed by atoms with E-state index in [1.807, 2.05) is 0 Å². The van der Waals surface area contributed by atoms with Crippen LogP contribution < -0.4 is 10.1 Å². The van der Waals surface area contributed by atoms with Crippen LogP contribution in [-0.2, 0) is 4.74 Å². The maximum atomic E-state index is 5.50. The number of aryl methyl sites for hydroxylation is 1. The van der Waals surface area contributed by atoms with Crippen LogP contribution in [-0.4, -0.2) is 26.9 Å². The van der Waals surface area contributed by atoms with Crippen LogP contribution in [0.25, 0.3) is 0 Å². The zero-order valence-electron chi connectivity index (χ0n) is 12.9. The summed E-state index contributed by atoms with van der Waals surface area (Å²) in [7, 11) is 1.75. The van der Waals surface area contributed by atoms with Gasteiger partial charge in [-0.25, -0.2) is 0 Å². The number of benzene rings is 1. The van der Waals surface area contributed by atoms with Crippen LogP contribution >= 0.6 is 0 Å². The lowest BCUT2D eigenvalue weighted by atomic mass is 9.86. The van der Waals surface area contributed by atoms with E-state index in [4.69, 9.17) is 9.47 Å². The summed E-state index contributed by atoms with van der Waals surface area (Å²) in [5, 5.41) is 3.72. The van der Waals surface area contributed by atoms with Crippen molar-refractivity contribution in [2.24, 2.45) is 5.92 Å². The van der Waals surface area contributed by atoms with E-state index in [1.54, 1.807) is 7.11 Å². The Morgan fingerprint density at radius 3 is 2.75 bits per heavy atom. The molecule has 0 amide bonds. The van der Waals surface area contributed by atoms with Crippen LogP contribution in [0, 0.1) is 12.8 Å². The third-order valence-electron chi connectivity index (χ3n) is 4.14. The Morgan fingerprint density at radius 1 is 1.35 bits per heavy atom. The summed E-state index contributed by atoms with van der Waals surface area (Å²) in [6.45, 7) is 7.13. The first-order chi connectivity index (χ1) is 9.76. The van der Waals surface area contributed by atoms with Gasteiger partial charge in [-0.1, -0.05) is 19.1 Å². The minimum absolute atomic E-state index is 0.411. The van der Waals surface area contributed by atoms with Gasteiger partial charge in [0.1, 0.15) is 5.75 Å². The monoisotopic (exact) mass is 277 g/mol. The second kappa shape index (κ2) is 7.65. The van der Waals surface area contributed by atoms with Crippen molar-refractivity contribution in [3.05, 3.63) is 29.3 Å². The van der Waals surface area contributed by atoms with Crippen molar-refractivity contribution in [3.8, 4) is 5.75 Å². The van der Waals surface area contributed by atoms with Gasteiger partial charge in [0.25, 0.3) is 0 Å². The minimum atomic E-state index is 0.411. The lowest BCUT2D eigenvalue weighted by Crippen LogP contribution is -2.32. The third kappa shape index (κ3) is 3.74. The highest BCUT2D eigenvalue weighted by molar-refractivity contribution is 5.38. The molecular weight excluding hydrogens is 250 g/mol. The van der Waals surface area contributed by atoms with Gasteiger partial charge in [0, 0.05) is 19.3 Å². The molecule has 1 aromatic rings. The van der Waals surface area contributed by atoms with E-state index in [1.165, 1.54) is 11.1 Å². The summed E-state index contributed by atoms with van der Waals surface area (Å²) >= 11 is 0. The van der Waals surface area contributed by atoms with E-state index in [2.05, 4.69) is 37.4 Å². The minimum Gasteiger partial charge on any atom is -0.496 e. The van der Waals surface area contributed by atoms with E-state index < -0.39 is 0 Å². The lowest BCUT2D eigenvalue weighted by Gasteiger charge is -2.31. The quantitative estimate of drug-likeness (QED) is 0.863. The molecule has 2 rings (SSSR count). The molecular formula is C17H27NO2. The van der Waals surface area contributed by atoms with Gasteiger partial charge in [0.05, 0.1) is 7.11 Å². The van der Waals surface area contributed by atoms with Crippen LogP contribution in [0.2, 0.25) is 0 Å². The number of hydrogen-bond acceptors (Lipinski definition) is 3. The second-order valence-electron chi connectivity index (χ2n) is 5.61. The molecule has 1 aliphatic heterocycles. The Balaban J connectivity index is 2.20. The normalized spacial score (nSPS) is 17.9. The predicted molar refractivity (Wildman–Crippen MR) is 82.3 cm³/mol. The third-order valence-corrected chi connectivity index (χ3v) is 4.14. The highest BCUT2D eigenvalue weighted by atomic mass is 16.5. The molecule has 1 atom stereocenters. The highest BCUT2D eigenvalue weighted by Gasteiger charge is 2.25. The molecule has 20 heavy (non-hydrogen) atoms. The molecule has 3 nitrogen and oxygen atoms in total. The molecule has 1 aliphatic rings. The summed E-state index contributed by atoms with van der Waals surface area (Å²) < 4.78 is 11.0. The van der Waals surface area contributed by atoms with Gasteiger partial charge in [0.15, 0.2) is 0 Å². The largest absolute Gasteiger partial charge is 0.496 e. The maximum absolute atomic E-state index is 5.50. The van der Waals surface area contributed by atoms with Gasteiger partial charge in [-0.2, -0.15) is 0 Å². The Kier molecular flexibility index (Phi) is 5.86. The average molecular weight is 277 g/mol. The molecule has 0 aromatic heterocycles. The molecule has 1 heterocycles. The van der Waals surface area contributed by atoms with Crippen molar-refractivity contribution in [2.75, 3.05) is 26.9 Å². The molecule has 1 fully saturated rings. The first-order valence-corrected chi connectivity index (χ1v) is 7.72. The Morgan fingerprint density at radius 2 is 2.10 bits per heavy atom. The summed E-state index contributed by atoms with van der Waals surface area (Å²) in [5.74, 6) is 1.64. The van der Waals surface area contributed by atoms with E-state index in [0.29, 0.717) is 12.0 Å².